The number of carbonyl (C=O) groups excluding carboxylic acids is 1. The lowest BCUT2D eigenvalue weighted by atomic mass is 10.2. The van der Waals surface area contributed by atoms with Crippen molar-refractivity contribution >= 4 is 28.9 Å². The smallest absolute Gasteiger partial charge is 0.286 e. The zero-order chi connectivity index (χ0) is 17.6. The van der Waals surface area contributed by atoms with E-state index in [1.54, 1.807) is 6.08 Å². The molecule has 0 radical (unpaired) electrons. The third-order valence-electron chi connectivity index (χ3n) is 3.44. The fourth-order valence-corrected chi connectivity index (χ4v) is 3.00. The van der Waals surface area contributed by atoms with Crippen molar-refractivity contribution in [1.29, 1.82) is 0 Å². The van der Waals surface area contributed by atoms with Crippen LogP contribution in [0.5, 0.6) is 11.5 Å². The maximum absolute atomic E-state index is 11.7. The first-order chi connectivity index (χ1) is 12.2. The summed E-state index contributed by atoms with van der Waals surface area (Å²) in [6.45, 7) is 2.89. The summed E-state index contributed by atoms with van der Waals surface area (Å²) in [4.78, 5) is 15.9. The first-order valence-corrected chi connectivity index (χ1v) is 8.69. The molecule has 6 heteroatoms. The number of nitrogens with two attached hydrogens (primary N) is 1. The molecular formula is C19H18N2O3S. The number of ether oxygens (including phenoxy) is 2. The highest BCUT2D eigenvalue weighted by Crippen LogP contribution is 2.32. The first-order valence-electron chi connectivity index (χ1n) is 7.87. The molecule has 0 saturated carbocycles. The molecule has 0 unspecified atom stereocenters. The lowest BCUT2D eigenvalue weighted by Crippen LogP contribution is -2.01. The summed E-state index contributed by atoms with van der Waals surface area (Å²) in [6.07, 6.45) is 1.75. The minimum Gasteiger partial charge on any atom is -0.490 e. The number of rotatable bonds is 6. The molecule has 1 amide bonds. The van der Waals surface area contributed by atoms with E-state index in [0.717, 1.165) is 11.1 Å². The number of carbonyl (C=O) groups is 1. The molecule has 0 atom stereocenters. The molecule has 2 aromatic rings. The summed E-state index contributed by atoms with van der Waals surface area (Å²) >= 11 is 1.17. The Morgan fingerprint density at radius 2 is 1.92 bits per heavy atom. The van der Waals surface area contributed by atoms with Gasteiger partial charge in [0.1, 0.15) is 6.61 Å². The van der Waals surface area contributed by atoms with E-state index < -0.39 is 0 Å². The topological polar surface area (TPSA) is 73.9 Å². The quantitative estimate of drug-likeness (QED) is 0.803. The fourth-order valence-electron chi connectivity index (χ4n) is 2.31. The van der Waals surface area contributed by atoms with Gasteiger partial charge in [0.25, 0.3) is 5.91 Å². The number of nitrogens with zero attached hydrogens (tertiary/aromatic N) is 1. The van der Waals surface area contributed by atoms with Crippen molar-refractivity contribution in [2.24, 2.45) is 10.7 Å². The summed E-state index contributed by atoms with van der Waals surface area (Å²) in [6, 6.07) is 15.5. The van der Waals surface area contributed by atoms with Crippen LogP contribution in [0.15, 0.2) is 58.4 Å². The largest absolute Gasteiger partial charge is 0.490 e. The second-order valence-corrected chi connectivity index (χ2v) is 6.34. The average molecular weight is 354 g/mol. The number of amidine groups is 1. The zero-order valence-corrected chi connectivity index (χ0v) is 14.6. The van der Waals surface area contributed by atoms with E-state index in [1.807, 2.05) is 55.5 Å². The highest BCUT2D eigenvalue weighted by Gasteiger charge is 2.19. The highest BCUT2D eigenvalue weighted by molar-refractivity contribution is 8.18. The zero-order valence-electron chi connectivity index (χ0n) is 13.8. The Morgan fingerprint density at radius 1 is 1.12 bits per heavy atom. The first kappa shape index (κ1) is 17.1. The Labute approximate surface area is 150 Å². The number of aliphatic imine (C=N–C) groups is 1. The molecule has 0 aromatic heterocycles. The molecule has 128 valence electrons. The third kappa shape index (κ3) is 4.42. The summed E-state index contributed by atoms with van der Waals surface area (Å²) < 4.78 is 11.6. The normalized spacial score (nSPS) is 15.3. The molecule has 1 heterocycles. The van der Waals surface area contributed by atoms with Crippen LogP contribution >= 0.6 is 11.8 Å². The van der Waals surface area contributed by atoms with Crippen molar-refractivity contribution in [3.05, 3.63) is 64.6 Å². The molecule has 0 aliphatic carbocycles. The van der Waals surface area contributed by atoms with Gasteiger partial charge in [-0.05, 0) is 48.0 Å². The number of thioether (sulfide) groups is 1. The van der Waals surface area contributed by atoms with E-state index in [9.17, 15) is 4.79 Å². The molecule has 5 nitrogen and oxygen atoms in total. The predicted molar refractivity (Wildman–Crippen MR) is 101 cm³/mol. The van der Waals surface area contributed by atoms with Crippen molar-refractivity contribution < 1.29 is 14.3 Å². The number of benzene rings is 2. The van der Waals surface area contributed by atoms with E-state index in [4.69, 9.17) is 15.2 Å². The van der Waals surface area contributed by atoms with Crippen molar-refractivity contribution in [3.63, 3.8) is 0 Å². The van der Waals surface area contributed by atoms with Gasteiger partial charge in [0, 0.05) is 0 Å². The van der Waals surface area contributed by atoms with Crippen LogP contribution in [0.1, 0.15) is 18.1 Å². The predicted octanol–water partition coefficient (Wildman–Crippen LogP) is 3.59. The van der Waals surface area contributed by atoms with Crippen molar-refractivity contribution in [1.82, 2.24) is 0 Å². The van der Waals surface area contributed by atoms with E-state index in [2.05, 4.69) is 4.99 Å². The van der Waals surface area contributed by atoms with Gasteiger partial charge in [-0.3, -0.25) is 4.79 Å². The fraction of sp³-hybridized carbons (Fsp3) is 0.158. The molecule has 1 aliphatic rings. The van der Waals surface area contributed by atoms with Gasteiger partial charge in [0.05, 0.1) is 11.5 Å². The molecule has 0 bridgehead atoms. The molecule has 2 N–H and O–H groups in total. The van der Waals surface area contributed by atoms with Crippen LogP contribution in [0.2, 0.25) is 0 Å². The summed E-state index contributed by atoms with van der Waals surface area (Å²) in [5.74, 6) is 0.982. The molecule has 0 spiro atoms. The van der Waals surface area contributed by atoms with Crippen LogP contribution in [0.25, 0.3) is 6.08 Å². The van der Waals surface area contributed by atoms with Gasteiger partial charge >= 0.3 is 0 Å². The number of amides is 1. The molecule has 1 aliphatic heterocycles. The van der Waals surface area contributed by atoms with Gasteiger partial charge in [0.2, 0.25) is 0 Å². The van der Waals surface area contributed by atoms with E-state index in [1.165, 1.54) is 11.8 Å². The van der Waals surface area contributed by atoms with Crippen LogP contribution in [-0.4, -0.2) is 17.7 Å². The van der Waals surface area contributed by atoms with Gasteiger partial charge < -0.3 is 15.2 Å². The van der Waals surface area contributed by atoms with Crippen LogP contribution in [0, 0.1) is 0 Å². The maximum atomic E-state index is 11.7. The molecule has 0 fully saturated rings. The van der Waals surface area contributed by atoms with Crippen LogP contribution in [-0.2, 0) is 11.4 Å². The van der Waals surface area contributed by atoms with Gasteiger partial charge in [-0.15, -0.1) is 0 Å². The van der Waals surface area contributed by atoms with Gasteiger partial charge in [-0.1, -0.05) is 36.4 Å². The second kappa shape index (κ2) is 7.90. The second-order valence-electron chi connectivity index (χ2n) is 5.28. The molecule has 0 saturated heterocycles. The molecule has 3 rings (SSSR count). The van der Waals surface area contributed by atoms with Crippen molar-refractivity contribution in [2.75, 3.05) is 6.61 Å². The standard InChI is InChI=1S/C19H18N2O3S/c1-2-23-16-10-14(11-17-18(22)21-19(20)25-17)8-9-15(16)24-12-13-6-4-3-5-7-13/h3-11H,2,12H2,1H3,(H2,20,21,22). The minimum atomic E-state index is -0.315. The summed E-state index contributed by atoms with van der Waals surface area (Å²) in [7, 11) is 0. The van der Waals surface area contributed by atoms with Gasteiger partial charge in [-0.25, -0.2) is 0 Å². The van der Waals surface area contributed by atoms with Crippen LogP contribution < -0.4 is 15.2 Å². The van der Waals surface area contributed by atoms with Gasteiger partial charge in [-0.2, -0.15) is 4.99 Å². The summed E-state index contributed by atoms with van der Waals surface area (Å²) in [5, 5.41) is 0.268. The minimum absolute atomic E-state index is 0.268. The number of hydrogen-bond acceptors (Lipinski definition) is 5. The Bertz CT molecular complexity index is 832. The average Bonchev–Trinajstić information content (AvgIpc) is 2.92. The lowest BCUT2D eigenvalue weighted by molar-refractivity contribution is -0.113. The van der Waals surface area contributed by atoms with Crippen molar-refractivity contribution in [2.45, 2.75) is 13.5 Å². The van der Waals surface area contributed by atoms with Gasteiger partial charge in [0.15, 0.2) is 16.7 Å². The van der Waals surface area contributed by atoms with E-state index >= 15 is 0 Å². The SMILES string of the molecule is CCOc1cc(C=C2SC(N)=NC2=O)ccc1OCc1ccccc1. The van der Waals surface area contributed by atoms with Crippen molar-refractivity contribution in [3.8, 4) is 11.5 Å². The van der Waals surface area contributed by atoms with E-state index in [-0.39, 0.29) is 11.1 Å². The molecule has 2 aromatic carbocycles. The monoisotopic (exact) mass is 354 g/mol. The summed E-state index contributed by atoms with van der Waals surface area (Å²) in [5.41, 5.74) is 7.48. The Hall–Kier alpha value is -2.73. The van der Waals surface area contributed by atoms with Crippen LogP contribution in [0.3, 0.4) is 0 Å². The number of hydrogen-bond donors (Lipinski definition) is 1. The third-order valence-corrected chi connectivity index (χ3v) is 4.25. The van der Waals surface area contributed by atoms with E-state index in [0.29, 0.717) is 29.6 Å². The highest BCUT2D eigenvalue weighted by atomic mass is 32.2. The lowest BCUT2D eigenvalue weighted by Gasteiger charge is -2.13. The Morgan fingerprint density at radius 3 is 2.60 bits per heavy atom. The molecular weight excluding hydrogens is 336 g/mol. The Balaban J connectivity index is 1.78. The molecule has 25 heavy (non-hydrogen) atoms. The Kier molecular flexibility index (Phi) is 5.40. The van der Waals surface area contributed by atoms with Crippen LogP contribution in [0.4, 0.5) is 0 Å². The maximum Gasteiger partial charge on any atom is 0.286 e.